The number of rotatable bonds is 4. The van der Waals surface area contributed by atoms with E-state index in [1.807, 2.05) is 26.0 Å². The largest absolute Gasteiger partial charge is 0.288 e. The van der Waals surface area contributed by atoms with Gasteiger partial charge in [0.05, 0.1) is 21.8 Å². The lowest BCUT2D eigenvalue weighted by Gasteiger charge is -1.99. The summed E-state index contributed by atoms with van der Waals surface area (Å²) < 4.78 is 1.76. The normalized spacial score (nSPS) is 11.3. The molecule has 2 aromatic rings. The zero-order valence-corrected chi connectivity index (χ0v) is 11.8. The van der Waals surface area contributed by atoms with Crippen molar-refractivity contribution in [3.8, 4) is 0 Å². The molecule has 0 aliphatic heterocycles. The highest BCUT2D eigenvalue weighted by molar-refractivity contribution is 7.14. The van der Waals surface area contributed by atoms with Crippen LogP contribution in [-0.2, 0) is 6.54 Å². The summed E-state index contributed by atoms with van der Waals surface area (Å²) in [6, 6.07) is 3.78. The van der Waals surface area contributed by atoms with Crippen LogP contribution in [0.25, 0.3) is 6.08 Å². The van der Waals surface area contributed by atoms with Crippen LogP contribution in [0.3, 0.4) is 0 Å². The van der Waals surface area contributed by atoms with Crippen LogP contribution < -0.4 is 0 Å². The molecule has 0 radical (unpaired) electrons. The Morgan fingerprint density at radius 1 is 1.56 bits per heavy atom. The van der Waals surface area contributed by atoms with Gasteiger partial charge in [-0.1, -0.05) is 11.6 Å². The third-order valence-electron chi connectivity index (χ3n) is 2.51. The van der Waals surface area contributed by atoms with Crippen molar-refractivity contribution >= 4 is 34.8 Å². The molecule has 0 N–H and O–H groups in total. The van der Waals surface area contributed by atoms with Crippen LogP contribution in [0.1, 0.15) is 27.2 Å². The van der Waals surface area contributed by atoms with Crippen LogP contribution in [0.15, 0.2) is 24.4 Å². The summed E-state index contributed by atoms with van der Waals surface area (Å²) in [5, 5.41) is 4.67. The van der Waals surface area contributed by atoms with Gasteiger partial charge in [-0.2, -0.15) is 5.10 Å². The number of carbonyl (C=O) groups is 1. The van der Waals surface area contributed by atoms with E-state index in [0.29, 0.717) is 5.02 Å². The Morgan fingerprint density at radius 2 is 2.33 bits per heavy atom. The molecule has 0 aromatic carbocycles. The molecule has 2 rings (SSSR count). The monoisotopic (exact) mass is 280 g/mol. The van der Waals surface area contributed by atoms with Gasteiger partial charge in [-0.25, -0.2) is 0 Å². The lowest BCUT2D eigenvalue weighted by molar-refractivity contribution is 0.105. The molecule has 0 spiro atoms. The maximum atomic E-state index is 11.9. The average Bonchev–Trinajstić information content (AvgIpc) is 2.93. The Morgan fingerprint density at radius 3 is 2.94 bits per heavy atom. The van der Waals surface area contributed by atoms with Gasteiger partial charge in [0.15, 0.2) is 5.78 Å². The number of hydrogen-bond donors (Lipinski definition) is 0. The van der Waals surface area contributed by atoms with Crippen molar-refractivity contribution in [2.45, 2.75) is 20.4 Å². The van der Waals surface area contributed by atoms with E-state index < -0.39 is 0 Å². The Balaban J connectivity index is 2.20. The summed E-state index contributed by atoms with van der Waals surface area (Å²) in [5.74, 6) is -0.00646. The summed E-state index contributed by atoms with van der Waals surface area (Å²) in [4.78, 5) is 13.8. The minimum atomic E-state index is -0.00646. The van der Waals surface area contributed by atoms with Crippen molar-refractivity contribution in [1.82, 2.24) is 9.78 Å². The zero-order chi connectivity index (χ0) is 13.1. The Kier molecular flexibility index (Phi) is 3.99. The minimum absolute atomic E-state index is 0.00646. The van der Waals surface area contributed by atoms with Crippen LogP contribution in [0.4, 0.5) is 0 Å². The molecule has 0 unspecified atom stereocenters. The molecule has 3 nitrogen and oxygen atoms in total. The van der Waals surface area contributed by atoms with E-state index in [2.05, 4.69) is 5.10 Å². The van der Waals surface area contributed by atoms with Gasteiger partial charge in [-0.15, -0.1) is 11.3 Å². The second-order valence-corrected chi connectivity index (χ2v) is 5.50. The molecule has 0 amide bonds. The third kappa shape index (κ3) is 2.71. The molecule has 94 valence electrons. The summed E-state index contributed by atoms with van der Waals surface area (Å²) in [7, 11) is 0. The average molecular weight is 281 g/mol. The molecule has 0 aliphatic carbocycles. The molecule has 0 saturated heterocycles. The van der Waals surface area contributed by atoms with Crippen molar-refractivity contribution in [2.75, 3.05) is 0 Å². The van der Waals surface area contributed by atoms with Crippen molar-refractivity contribution < 1.29 is 4.79 Å². The first-order valence-corrected chi connectivity index (χ1v) is 6.81. The number of thiophene rings is 1. The Labute approximate surface area is 115 Å². The van der Waals surface area contributed by atoms with E-state index in [9.17, 15) is 4.79 Å². The predicted molar refractivity (Wildman–Crippen MR) is 75.3 cm³/mol. The summed E-state index contributed by atoms with van der Waals surface area (Å²) in [5.41, 5.74) is 0.765. The second kappa shape index (κ2) is 5.50. The summed E-state index contributed by atoms with van der Waals surface area (Å²) in [6.45, 7) is 4.68. The number of carbonyl (C=O) groups excluding carboxylic acids is 1. The van der Waals surface area contributed by atoms with Gasteiger partial charge in [0.1, 0.15) is 0 Å². The van der Waals surface area contributed by atoms with Gasteiger partial charge in [-0.05, 0) is 38.1 Å². The highest BCUT2D eigenvalue weighted by Crippen LogP contribution is 2.19. The van der Waals surface area contributed by atoms with Crippen molar-refractivity contribution in [2.24, 2.45) is 0 Å². The van der Waals surface area contributed by atoms with Crippen LogP contribution >= 0.6 is 22.9 Å². The first kappa shape index (κ1) is 13.1. The Bertz CT molecular complexity index is 598. The first-order chi connectivity index (χ1) is 8.61. The number of aromatic nitrogens is 2. The van der Waals surface area contributed by atoms with Crippen LogP contribution in [0.5, 0.6) is 0 Å². The second-order valence-electron chi connectivity index (χ2n) is 3.80. The molecular formula is C13H13ClN2OS. The molecule has 18 heavy (non-hydrogen) atoms. The predicted octanol–water partition coefficient (Wildman–Crippen LogP) is 3.82. The number of nitrogens with zero attached hydrogens (tertiary/aromatic N) is 2. The van der Waals surface area contributed by atoms with E-state index >= 15 is 0 Å². The van der Waals surface area contributed by atoms with E-state index in [1.165, 1.54) is 11.3 Å². The molecule has 2 heterocycles. The molecule has 2 aromatic heterocycles. The quantitative estimate of drug-likeness (QED) is 0.630. The van der Waals surface area contributed by atoms with Gasteiger partial charge in [0.2, 0.25) is 0 Å². The standard InChI is InChI=1S/C13H13ClN2OS/c1-3-16-11(10(14)8-15-16)5-6-12(17)13-7-4-9(2)18-13/h4-8H,3H2,1-2H3/b6-5+. The number of aryl methyl sites for hydroxylation is 2. The molecule has 0 aliphatic rings. The smallest absolute Gasteiger partial charge is 0.195 e. The van der Waals surface area contributed by atoms with Gasteiger partial charge >= 0.3 is 0 Å². The van der Waals surface area contributed by atoms with Gasteiger partial charge in [0.25, 0.3) is 0 Å². The van der Waals surface area contributed by atoms with Crippen LogP contribution in [0, 0.1) is 6.92 Å². The molecule has 0 saturated carbocycles. The van der Waals surface area contributed by atoms with E-state index in [0.717, 1.165) is 22.0 Å². The van der Waals surface area contributed by atoms with Crippen LogP contribution in [0.2, 0.25) is 5.02 Å². The number of halogens is 1. The fraction of sp³-hybridized carbons (Fsp3) is 0.231. The topological polar surface area (TPSA) is 34.9 Å². The molecule has 0 fully saturated rings. The lowest BCUT2D eigenvalue weighted by Crippen LogP contribution is -1.99. The maximum absolute atomic E-state index is 11.9. The first-order valence-electron chi connectivity index (χ1n) is 5.62. The fourth-order valence-corrected chi connectivity index (χ4v) is 2.59. The van der Waals surface area contributed by atoms with Crippen LogP contribution in [-0.4, -0.2) is 15.6 Å². The SMILES string of the molecule is CCn1ncc(Cl)c1/C=C/C(=O)c1ccc(C)s1. The molecule has 0 atom stereocenters. The molecule has 0 bridgehead atoms. The zero-order valence-electron chi connectivity index (χ0n) is 10.2. The van der Waals surface area contributed by atoms with Gasteiger partial charge in [0, 0.05) is 11.4 Å². The minimum Gasteiger partial charge on any atom is -0.288 e. The fourth-order valence-electron chi connectivity index (χ4n) is 1.59. The summed E-state index contributed by atoms with van der Waals surface area (Å²) >= 11 is 7.51. The number of ketones is 1. The van der Waals surface area contributed by atoms with Gasteiger partial charge in [-0.3, -0.25) is 9.48 Å². The highest BCUT2D eigenvalue weighted by atomic mass is 35.5. The third-order valence-corrected chi connectivity index (χ3v) is 3.82. The lowest BCUT2D eigenvalue weighted by atomic mass is 10.2. The van der Waals surface area contributed by atoms with Crippen molar-refractivity contribution in [3.05, 3.63) is 44.9 Å². The molecular weight excluding hydrogens is 268 g/mol. The Hall–Kier alpha value is -1.39. The van der Waals surface area contributed by atoms with Gasteiger partial charge < -0.3 is 0 Å². The van der Waals surface area contributed by atoms with E-state index in [4.69, 9.17) is 11.6 Å². The highest BCUT2D eigenvalue weighted by Gasteiger charge is 2.07. The van der Waals surface area contributed by atoms with Crippen molar-refractivity contribution in [3.63, 3.8) is 0 Å². The number of hydrogen-bond acceptors (Lipinski definition) is 3. The maximum Gasteiger partial charge on any atom is 0.195 e. The summed E-state index contributed by atoms with van der Waals surface area (Å²) in [6.07, 6.45) is 4.85. The van der Waals surface area contributed by atoms with E-state index in [1.54, 1.807) is 23.0 Å². The number of allylic oxidation sites excluding steroid dienone is 1. The molecule has 5 heteroatoms. The van der Waals surface area contributed by atoms with E-state index in [-0.39, 0.29) is 5.78 Å². The van der Waals surface area contributed by atoms with Crippen molar-refractivity contribution in [1.29, 1.82) is 0 Å².